The van der Waals surface area contributed by atoms with E-state index >= 15 is 0 Å². The van der Waals surface area contributed by atoms with E-state index in [2.05, 4.69) is 19.1 Å². The summed E-state index contributed by atoms with van der Waals surface area (Å²) in [6, 6.07) is 8.24. The number of hydrogen-bond donors (Lipinski definition) is 2. The van der Waals surface area contributed by atoms with Crippen LogP contribution in [0.25, 0.3) is 11.3 Å². The van der Waals surface area contributed by atoms with Crippen molar-refractivity contribution < 1.29 is 0 Å². The minimum Gasteiger partial charge on any atom is -0.382 e. The lowest BCUT2D eigenvalue weighted by Crippen LogP contribution is -2.19. The van der Waals surface area contributed by atoms with Gasteiger partial charge in [-0.2, -0.15) is 0 Å². The number of nitrogens with zero attached hydrogens (tertiary/aromatic N) is 2. The number of imidazole rings is 1. The maximum Gasteiger partial charge on any atom is 0.150 e. The van der Waals surface area contributed by atoms with Crippen LogP contribution >= 0.6 is 0 Å². The van der Waals surface area contributed by atoms with Gasteiger partial charge in [-0.3, -0.25) is 0 Å². The van der Waals surface area contributed by atoms with Crippen LogP contribution in [0.1, 0.15) is 49.4 Å². The Morgan fingerprint density at radius 3 is 2.65 bits per heavy atom. The van der Waals surface area contributed by atoms with E-state index in [-0.39, 0.29) is 0 Å². The van der Waals surface area contributed by atoms with Crippen molar-refractivity contribution in [3.05, 3.63) is 35.7 Å². The second kappa shape index (κ2) is 5.19. The second-order valence-electron chi connectivity index (χ2n) is 5.78. The highest BCUT2D eigenvalue weighted by molar-refractivity contribution is 5.71. The van der Waals surface area contributed by atoms with E-state index < -0.39 is 0 Å². The predicted molar refractivity (Wildman–Crippen MR) is 82.8 cm³/mol. The van der Waals surface area contributed by atoms with Crippen LogP contribution in [0.4, 0.5) is 5.82 Å². The summed E-state index contributed by atoms with van der Waals surface area (Å²) in [6.45, 7) is 2.07. The van der Waals surface area contributed by atoms with Crippen molar-refractivity contribution in [2.75, 3.05) is 11.6 Å². The van der Waals surface area contributed by atoms with Crippen LogP contribution in [0.5, 0.6) is 0 Å². The summed E-state index contributed by atoms with van der Waals surface area (Å²) in [5.41, 5.74) is 9.23. The zero-order chi connectivity index (χ0) is 14.1. The first-order valence-corrected chi connectivity index (χ1v) is 7.37. The van der Waals surface area contributed by atoms with Crippen molar-refractivity contribution in [2.45, 2.75) is 44.9 Å². The molecule has 2 aromatic rings. The highest BCUT2D eigenvalue weighted by Gasteiger charge is 2.23. The SMILES string of the molecule is Cc1cccc(-c2nc(C3CCCCC3)n(N)c2N)c1. The van der Waals surface area contributed by atoms with Crippen molar-refractivity contribution in [1.82, 2.24) is 9.66 Å². The number of nitrogen functional groups attached to an aromatic ring is 2. The van der Waals surface area contributed by atoms with Gasteiger partial charge in [0.05, 0.1) is 0 Å². The number of rotatable bonds is 2. The molecule has 1 aliphatic rings. The standard InChI is InChI=1S/C16H22N4/c1-11-6-5-9-13(10-11)14-15(17)20(18)16(19-14)12-7-3-2-4-8-12/h5-6,9-10,12H,2-4,7-8,17-18H2,1H3. The maximum atomic E-state index is 6.17. The summed E-state index contributed by atoms with van der Waals surface area (Å²) in [5.74, 6) is 8.10. The third kappa shape index (κ3) is 2.26. The van der Waals surface area contributed by atoms with Gasteiger partial charge in [0.25, 0.3) is 0 Å². The minimum atomic E-state index is 0.453. The normalized spacial score (nSPS) is 16.4. The lowest BCUT2D eigenvalue weighted by molar-refractivity contribution is 0.424. The molecule has 20 heavy (non-hydrogen) atoms. The lowest BCUT2D eigenvalue weighted by atomic mass is 9.89. The molecule has 4 heteroatoms. The number of aromatic nitrogens is 2. The van der Waals surface area contributed by atoms with Crippen LogP contribution in [0.3, 0.4) is 0 Å². The van der Waals surface area contributed by atoms with Gasteiger partial charge >= 0.3 is 0 Å². The fourth-order valence-corrected chi connectivity index (χ4v) is 3.12. The first-order chi connectivity index (χ1) is 9.66. The predicted octanol–water partition coefficient (Wildman–Crippen LogP) is 3.20. The van der Waals surface area contributed by atoms with Gasteiger partial charge in [-0.25, -0.2) is 9.66 Å². The van der Waals surface area contributed by atoms with Crippen molar-refractivity contribution in [3.8, 4) is 11.3 Å². The zero-order valence-corrected chi connectivity index (χ0v) is 12.0. The molecule has 1 fully saturated rings. The number of aryl methyl sites for hydroxylation is 1. The third-order valence-corrected chi connectivity index (χ3v) is 4.24. The number of hydrogen-bond acceptors (Lipinski definition) is 3. The van der Waals surface area contributed by atoms with E-state index in [0.29, 0.717) is 11.7 Å². The molecule has 1 aromatic heterocycles. The Balaban J connectivity index is 2.01. The average Bonchev–Trinajstić information content (AvgIpc) is 2.76. The quantitative estimate of drug-likeness (QED) is 0.823. The van der Waals surface area contributed by atoms with Crippen molar-refractivity contribution in [3.63, 3.8) is 0 Å². The average molecular weight is 270 g/mol. The Hall–Kier alpha value is -1.97. The van der Waals surface area contributed by atoms with Crippen LogP contribution in [0.2, 0.25) is 0 Å². The van der Waals surface area contributed by atoms with E-state index in [0.717, 1.165) is 17.1 Å². The van der Waals surface area contributed by atoms with Gasteiger partial charge in [-0.15, -0.1) is 0 Å². The molecule has 0 unspecified atom stereocenters. The molecule has 3 rings (SSSR count). The van der Waals surface area contributed by atoms with Gasteiger partial charge in [0, 0.05) is 11.5 Å². The summed E-state index contributed by atoms with van der Waals surface area (Å²) in [4.78, 5) is 4.76. The van der Waals surface area contributed by atoms with Crippen LogP contribution in [0.15, 0.2) is 24.3 Å². The van der Waals surface area contributed by atoms with E-state index in [4.69, 9.17) is 16.6 Å². The van der Waals surface area contributed by atoms with Crippen LogP contribution < -0.4 is 11.6 Å². The fourth-order valence-electron chi connectivity index (χ4n) is 3.12. The molecule has 1 aromatic carbocycles. The monoisotopic (exact) mass is 270 g/mol. The highest BCUT2D eigenvalue weighted by atomic mass is 15.4. The first kappa shape index (κ1) is 13.0. The van der Waals surface area contributed by atoms with Crippen molar-refractivity contribution in [2.24, 2.45) is 0 Å². The van der Waals surface area contributed by atoms with Gasteiger partial charge in [0.15, 0.2) is 5.82 Å². The number of benzene rings is 1. The molecule has 0 atom stereocenters. The smallest absolute Gasteiger partial charge is 0.150 e. The molecule has 0 amide bonds. The largest absolute Gasteiger partial charge is 0.382 e. The molecule has 0 aliphatic heterocycles. The van der Waals surface area contributed by atoms with Gasteiger partial charge in [0.2, 0.25) is 0 Å². The van der Waals surface area contributed by atoms with E-state index in [1.807, 2.05) is 12.1 Å². The summed E-state index contributed by atoms with van der Waals surface area (Å²) in [5, 5.41) is 0. The molecular weight excluding hydrogens is 248 g/mol. The molecule has 1 saturated carbocycles. The molecular formula is C16H22N4. The van der Waals surface area contributed by atoms with Crippen LogP contribution in [-0.4, -0.2) is 9.66 Å². The zero-order valence-electron chi connectivity index (χ0n) is 12.0. The Labute approximate surface area is 119 Å². The van der Waals surface area contributed by atoms with Gasteiger partial charge in [0.1, 0.15) is 11.5 Å². The van der Waals surface area contributed by atoms with Gasteiger partial charge in [-0.1, -0.05) is 43.0 Å². The Bertz CT molecular complexity index is 609. The number of anilines is 1. The number of nitrogens with two attached hydrogens (primary N) is 2. The van der Waals surface area contributed by atoms with Gasteiger partial charge < -0.3 is 11.6 Å². The molecule has 4 N–H and O–H groups in total. The topological polar surface area (TPSA) is 69.9 Å². The Morgan fingerprint density at radius 1 is 1.20 bits per heavy atom. The van der Waals surface area contributed by atoms with E-state index in [1.165, 1.54) is 37.7 Å². The lowest BCUT2D eigenvalue weighted by Gasteiger charge is -2.20. The molecule has 106 valence electrons. The molecule has 0 saturated heterocycles. The highest BCUT2D eigenvalue weighted by Crippen LogP contribution is 2.35. The van der Waals surface area contributed by atoms with E-state index in [1.54, 1.807) is 4.68 Å². The summed E-state index contributed by atoms with van der Waals surface area (Å²) >= 11 is 0. The molecule has 0 radical (unpaired) electrons. The molecule has 0 bridgehead atoms. The van der Waals surface area contributed by atoms with Crippen molar-refractivity contribution >= 4 is 5.82 Å². The molecule has 4 nitrogen and oxygen atoms in total. The maximum absolute atomic E-state index is 6.17. The summed E-state index contributed by atoms with van der Waals surface area (Å²) in [7, 11) is 0. The van der Waals surface area contributed by atoms with E-state index in [9.17, 15) is 0 Å². The fraction of sp³-hybridized carbons (Fsp3) is 0.438. The molecule has 1 heterocycles. The first-order valence-electron chi connectivity index (χ1n) is 7.37. The third-order valence-electron chi connectivity index (χ3n) is 4.24. The van der Waals surface area contributed by atoms with Crippen molar-refractivity contribution in [1.29, 1.82) is 0 Å². The Morgan fingerprint density at radius 2 is 1.95 bits per heavy atom. The van der Waals surface area contributed by atoms with Gasteiger partial charge in [-0.05, 0) is 25.8 Å². The minimum absolute atomic E-state index is 0.453. The summed E-state index contributed by atoms with van der Waals surface area (Å²) < 4.78 is 1.59. The van der Waals surface area contributed by atoms with Crippen LogP contribution in [-0.2, 0) is 0 Å². The summed E-state index contributed by atoms with van der Waals surface area (Å²) in [6.07, 6.45) is 6.18. The Kier molecular flexibility index (Phi) is 3.38. The molecule has 1 aliphatic carbocycles. The molecule has 0 spiro atoms. The second-order valence-corrected chi connectivity index (χ2v) is 5.78. The van der Waals surface area contributed by atoms with Crippen LogP contribution in [0, 0.1) is 6.92 Å².